The standard InChI is InChI=1S/C27H28N4O3/c1-3-5-6-17-11-12-31-21-13-18(8-10-24(21)34-16-23(33)26(17)31)22(32)15-30-14-19-7-9-20(4-2)29-25(19)27(30)28/h7-13,28H,3-6,14-16H2,1-2H3. The van der Waals surface area contributed by atoms with Crippen molar-refractivity contribution in [3.8, 4) is 11.4 Å². The summed E-state index contributed by atoms with van der Waals surface area (Å²) in [5.74, 6) is 0.725. The molecule has 0 aliphatic carbocycles. The zero-order valence-corrected chi connectivity index (χ0v) is 19.6. The molecule has 1 N–H and O–H groups in total. The van der Waals surface area contributed by atoms with Gasteiger partial charge < -0.3 is 14.2 Å². The van der Waals surface area contributed by atoms with Crippen LogP contribution in [0.4, 0.5) is 0 Å². The number of ketones is 2. The largest absolute Gasteiger partial charge is 0.483 e. The molecule has 0 spiro atoms. The molecule has 2 aliphatic heterocycles. The summed E-state index contributed by atoms with van der Waals surface area (Å²) in [6.45, 7) is 4.74. The third-order valence-electron chi connectivity index (χ3n) is 6.57. The quantitative estimate of drug-likeness (QED) is 0.533. The Kier molecular flexibility index (Phi) is 5.77. The fraction of sp³-hybridized carbons (Fsp3) is 0.333. The van der Waals surface area contributed by atoms with Gasteiger partial charge in [-0.15, -0.1) is 0 Å². The summed E-state index contributed by atoms with van der Waals surface area (Å²) in [5.41, 5.74) is 5.46. The number of ether oxygens (including phenoxy) is 1. The lowest BCUT2D eigenvalue weighted by molar-refractivity contribution is 0.0918. The average molecular weight is 457 g/mol. The number of carbonyl (C=O) groups is 2. The van der Waals surface area contributed by atoms with Crippen molar-refractivity contribution in [3.05, 3.63) is 76.4 Å². The molecule has 0 atom stereocenters. The molecule has 0 bridgehead atoms. The number of hydrogen-bond acceptors (Lipinski definition) is 5. The van der Waals surface area contributed by atoms with Crippen LogP contribution in [-0.4, -0.2) is 45.0 Å². The summed E-state index contributed by atoms with van der Waals surface area (Å²) in [4.78, 5) is 32.4. The highest BCUT2D eigenvalue weighted by atomic mass is 16.5. The van der Waals surface area contributed by atoms with Crippen molar-refractivity contribution in [2.75, 3.05) is 13.2 Å². The van der Waals surface area contributed by atoms with E-state index in [2.05, 4.69) is 11.9 Å². The number of pyridine rings is 1. The number of amidine groups is 1. The molecule has 174 valence electrons. The van der Waals surface area contributed by atoms with E-state index in [0.29, 0.717) is 34.9 Å². The van der Waals surface area contributed by atoms with Gasteiger partial charge in [-0.2, -0.15) is 0 Å². The topological polar surface area (TPSA) is 88.3 Å². The first kappa shape index (κ1) is 22.1. The highest BCUT2D eigenvalue weighted by Crippen LogP contribution is 2.31. The van der Waals surface area contributed by atoms with E-state index in [4.69, 9.17) is 10.1 Å². The number of hydrogen-bond donors (Lipinski definition) is 1. The minimum absolute atomic E-state index is 0.0145. The molecule has 0 amide bonds. The molecule has 7 nitrogen and oxygen atoms in total. The number of Topliss-reactive ketones (excluding diaryl/α,β-unsaturated/α-hetero) is 2. The third kappa shape index (κ3) is 3.81. The Morgan fingerprint density at radius 3 is 2.82 bits per heavy atom. The predicted molar refractivity (Wildman–Crippen MR) is 129 cm³/mol. The first-order chi connectivity index (χ1) is 16.5. The molecule has 0 radical (unpaired) electrons. The van der Waals surface area contributed by atoms with E-state index in [-0.39, 0.29) is 30.6 Å². The Balaban J connectivity index is 1.41. The van der Waals surface area contributed by atoms with Crippen molar-refractivity contribution >= 4 is 17.4 Å². The Morgan fingerprint density at radius 2 is 2.03 bits per heavy atom. The Morgan fingerprint density at radius 1 is 1.18 bits per heavy atom. The van der Waals surface area contributed by atoms with E-state index in [0.717, 1.165) is 42.5 Å². The molecule has 0 fully saturated rings. The Hall–Kier alpha value is -3.74. The number of fused-ring (bicyclic) bond motifs is 4. The van der Waals surface area contributed by atoms with Crippen LogP contribution >= 0.6 is 0 Å². The van der Waals surface area contributed by atoms with Crippen LogP contribution in [0.1, 0.15) is 70.1 Å². The SMILES string of the molecule is CCCCc1ccn2c1C(=O)COc1ccc(C(=O)CN3Cc4ccc(CC)nc4C3=N)cc1-2. The van der Waals surface area contributed by atoms with Gasteiger partial charge in [0.05, 0.1) is 17.9 Å². The van der Waals surface area contributed by atoms with Gasteiger partial charge in [-0.1, -0.05) is 26.3 Å². The van der Waals surface area contributed by atoms with Crippen LogP contribution in [0, 0.1) is 5.41 Å². The molecule has 7 heteroatoms. The first-order valence-corrected chi connectivity index (χ1v) is 11.9. The number of nitrogens with one attached hydrogen (secondary N) is 1. The maximum Gasteiger partial charge on any atom is 0.217 e. The lowest BCUT2D eigenvalue weighted by Gasteiger charge is -2.17. The number of aryl methyl sites for hydroxylation is 2. The fourth-order valence-corrected chi connectivity index (χ4v) is 4.66. The lowest BCUT2D eigenvalue weighted by atomic mass is 10.1. The van der Waals surface area contributed by atoms with Gasteiger partial charge in [0, 0.05) is 29.6 Å². The molecule has 34 heavy (non-hydrogen) atoms. The van der Waals surface area contributed by atoms with E-state index in [1.54, 1.807) is 23.1 Å². The summed E-state index contributed by atoms with van der Waals surface area (Å²) >= 11 is 0. The molecule has 0 saturated carbocycles. The number of carbonyl (C=O) groups excluding carboxylic acids is 2. The average Bonchev–Trinajstić information content (AvgIpc) is 3.37. The van der Waals surface area contributed by atoms with E-state index >= 15 is 0 Å². The van der Waals surface area contributed by atoms with Crippen LogP contribution < -0.4 is 4.74 Å². The highest BCUT2D eigenvalue weighted by molar-refractivity contribution is 6.05. The molecule has 1 aromatic carbocycles. The summed E-state index contributed by atoms with van der Waals surface area (Å²) in [7, 11) is 0. The highest BCUT2D eigenvalue weighted by Gasteiger charge is 2.29. The van der Waals surface area contributed by atoms with Gasteiger partial charge in [0.15, 0.2) is 12.4 Å². The van der Waals surface area contributed by atoms with E-state index in [1.165, 1.54) is 0 Å². The van der Waals surface area contributed by atoms with Gasteiger partial charge in [-0.05, 0) is 55.2 Å². The van der Waals surface area contributed by atoms with Crippen LogP contribution in [-0.2, 0) is 19.4 Å². The molecule has 0 saturated heterocycles. The van der Waals surface area contributed by atoms with Crippen LogP contribution in [0.15, 0.2) is 42.6 Å². The normalized spacial score (nSPS) is 14.4. The van der Waals surface area contributed by atoms with Gasteiger partial charge in [0.1, 0.15) is 17.3 Å². The summed E-state index contributed by atoms with van der Waals surface area (Å²) in [5, 5.41) is 8.52. The van der Waals surface area contributed by atoms with Gasteiger partial charge in [-0.25, -0.2) is 4.98 Å². The summed E-state index contributed by atoms with van der Waals surface area (Å²) in [6.07, 6.45) is 5.60. The molecule has 2 aliphatic rings. The smallest absolute Gasteiger partial charge is 0.217 e. The van der Waals surface area contributed by atoms with Gasteiger partial charge in [0.25, 0.3) is 0 Å². The molecular weight excluding hydrogens is 428 g/mol. The van der Waals surface area contributed by atoms with Gasteiger partial charge in [-0.3, -0.25) is 15.0 Å². The minimum atomic E-state index is -0.0912. The number of benzene rings is 1. The first-order valence-electron chi connectivity index (χ1n) is 11.9. The zero-order valence-electron chi connectivity index (χ0n) is 19.6. The molecule has 5 rings (SSSR count). The fourth-order valence-electron chi connectivity index (χ4n) is 4.66. The van der Waals surface area contributed by atoms with Crippen LogP contribution in [0.5, 0.6) is 5.75 Å². The Labute approximate surface area is 198 Å². The number of rotatable bonds is 7. The minimum Gasteiger partial charge on any atom is -0.483 e. The van der Waals surface area contributed by atoms with Crippen LogP contribution in [0.25, 0.3) is 5.69 Å². The summed E-state index contributed by atoms with van der Waals surface area (Å²) in [6, 6.07) is 11.3. The van der Waals surface area contributed by atoms with Crippen LogP contribution in [0.3, 0.4) is 0 Å². The van der Waals surface area contributed by atoms with Crippen molar-refractivity contribution in [1.82, 2.24) is 14.5 Å². The lowest BCUT2D eigenvalue weighted by Crippen LogP contribution is -2.30. The second-order valence-corrected chi connectivity index (χ2v) is 8.85. The second-order valence-electron chi connectivity index (χ2n) is 8.85. The predicted octanol–water partition coefficient (Wildman–Crippen LogP) is 4.38. The molecule has 3 aromatic rings. The van der Waals surface area contributed by atoms with Crippen molar-refractivity contribution in [2.24, 2.45) is 0 Å². The molecule has 0 unspecified atom stereocenters. The van der Waals surface area contributed by atoms with Crippen molar-refractivity contribution in [2.45, 2.75) is 46.1 Å². The third-order valence-corrected chi connectivity index (χ3v) is 6.57. The molecule has 4 heterocycles. The van der Waals surface area contributed by atoms with Crippen molar-refractivity contribution in [3.63, 3.8) is 0 Å². The van der Waals surface area contributed by atoms with E-state index < -0.39 is 0 Å². The monoisotopic (exact) mass is 456 g/mol. The van der Waals surface area contributed by atoms with E-state index in [1.807, 2.05) is 35.9 Å². The van der Waals surface area contributed by atoms with Gasteiger partial charge >= 0.3 is 0 Å². The maximum atomic E-state index is 13.2. The van der Waals surface area contributed by atoms with Crippen molar-refractivity contribution in [1.29, 1.82) is 5.41 Å². The maximum absolute atomic E-state index is 13.2. The van der Waals surface area contributed by atoms with Crippen molar-refractivity contribution < 1.29 is 14.3 Å². The Bertz CT molecular complexity index is 1310. The van der Waals surface area contributed by atoms with Gasteiger partial charge in [0.2, 0.25) is 5.78 Å². The number of nitrogens with zero attached hydrogens (tertiary/aromatic N) is 3. The zero-order chi connectivity index (χ0) is 23.8. The number of aromatic nitrogens is 2. The van der Waals surface area contributed by atoms with Crippen LogP contribution in [0.2, 0.25) is 0 Å². The summed E-state index contributed by atoms with van der Waals surface area (Å²) < 4.78 is 7.63. The second kappa shape index (κ2) is 8.89. The molecule has 2 aromatic heterocycles. The van der Waals surface area contributed by atoms with E-state index in [9.17, 15) is 9.59 Å². The number of unbranched alkanes of at least 4 members (excludes halogenated alkanes) is 1. The molecular formula is C27H28N4O3.